The predicted molar refractivity (Wildman–Crippen MR) is 101 cm³/mol. The normalized spacial score (nSPS) is 16.0. The monoisotopic (exact) mass is 368 g/mol. The molecule has 1 aliphatic rings. The number of likely N-dealkylation sites (tertiary alicyclic amines) is 1. The molecule has 0 unspecified atom stereocenters. The minimum absolute atomic E-state index is 0.0327. The first-order valence-electron chi connectivity index (χ1n) is 8.67. The number of carbonyl (C=O) groups excluding carboxylic acids is 1. The Labute approximate surface area is 155 Å². The third-order valence-electron chi connectivity index (χ3n) is 4.67. The SMILES string of the molecule is NC(=O)C1CCN(Cc2ccc(Oc3nc4cccnc4s3)cc2)CC1. The summed E-state index contributed by atoms with van der Waals surface area (Å²) < 4.78 is 5.85. The van der Waals surface area contributed by atoms with Gasteiger partial charge < -0.3 is 10.5 Å². The number of rotatable bonds is 5. The van der Waals surface area contributed by atoms with E-state index < -0.39 is 0 Å². The fourth-order valence-corrected chi connectivity index (χ4v) is 3.97. The van der Waals surface area contributed by atoms with E-state index in [0.717, 1.165) is 48.6 Å². The molecule has 2 aromatic heterocycles. The van der Waals surface area contributed by atoms with Crippen LogP contribution in [0.25, 0.3) is 10.3 Å². The van der Waals surface area contributed by atoms with E-state index in [4.69, 9.17) is 10.5 Å². The van der Waals surface area contributed by atoms with Gasteiger partial charge in [-0.15, -0.1) is 0 Å². The van der Waals surface area contributed by atoms with E-state index >= 15 is 0 Å². The summed E-state index contributed by atoms with van der Waals surface area (Å²) in [5.41, 5.74) is 7.46. The lowest BCUT2D eigenvalue weighted by Crippen LogP contribution is -2.38. The number of fused-ring (bicyclic) bond motifs is 1. The molecule has 1 amide bonds. The Balaban J connectivity index is 1.35. The number of nitrogens with two attached hydrogens (primary N) is 1. The van der Waals surface area contributed by atoms with Crippen molar-refractivity contribution in [3.05, 3.63) is 48.2 Å². The summed E-state index contributed by atoms with van der Waals surface area (Å²) in [5.74, 6) is 0.627. The molecular formula is C19H20N4O2S. The highest BCUT2D eigenvalue weighted by Gasteiger charge is 2.22. The van der Waals surface area contributed by atoms with Crippen LogP contribution in [0.3, 0.4) is 0 Å². The van der Waals surface area contributed by atoms with Gasteiger partial charge in [0.1, 0.15) is 16.1 Å². The molecule has 6 nitrogen and oxygen atoms in total. The molecular weight excluding hydrogens is 348 g/mol. The highest BCUT2D eigenvalue weighted by Crippen LogP contribution is 2.30. The molecule has 0 spiro atoms. The van der Waals surface area contributed by atoms with E-state index in [1.165, 1.54) is 16.9 Å². The lowest BCUT2D eigenvalue weighted by atomic mass is 9.96. The highest BCUT2D eigenvalue weighted by atomic mass is 32.1. The van der Waals surface area contributed by atoms with Gasteiger partial charge in [0.15, 0.2) is 0 Å². The van der Waals surface area contributed by atoms with Crippen LogP contribution < -0.4 is 10.5 Å². The summed E-state index contributed by atoms with van der Waals surface area (Å²) in [4.78, 5) is 23.2. The highest BCUT2D eigenvalue weighted by molar-refractivity contribution is 7.19. The first-order chi connectivity index (χ1) is 12.7. The van der Waals surface area contributed by atoms with Crippen LogP contribution >= 0.6 is 11.3 Å². The average Bonchev–Trinajstić information content (AvgIpc) is 3.06. The fraction of sp³-hybridized carbons (Fsp3) is 0.316. The number of ether oxygens (including phenoxy) is 1. The molecule has 1 aliphatic heterocycles. The molecule has 1 aromatic carbocycles. The van der Waals surface area contributed by atoms with E-state index in [1.54, 1.807) is 6.20 Å². The number of hydrogen-bond acceptors (Lipinski definition) is 6. The predicted octanol–water partition coefficient (Wildman–Crippen LogP) is 3.18. The van der Waals surface area contributed by atoms with Gasteiger partial charge in [0.25, 0.3) is 5.19 Å². The van der Waals surface area contributed by atoms with Gasteiger partial charge in [-0.05, 0) is 55.8 Å². The van der Waals surface area contributed by atoms with Gasteiger partial charge in [0.2, 0.25) is 5.91 Å². The second kappa shape index (κ2) is 7.39. The summed E-state index contributed by atoms with van der Waals surface area (Å²) in [7, 11) is 0. The van der Waals surface area contributed by atoms with Gasteiger partial charge in [-0.25, -0.2) is 9.97 Å². The molecule has 4 rings (SSSR count). The van der Waals surface area contributed by atoms with Crippen molar-refractivity contribution in [3.63, 3.8) is 0 Å². The molecule has 0 bridgehead atoms. The number of thiazole rings is 1. The first kappa shape index (κ1) is 16.9. The smallest absolute Gasteiger partial charge is 0.281 e. The Morgan fingerprint density at radius 1 is 1.23 bits per heavy atom. The minimum Gasteiger partial charge on any atom is -0.431 e. The fourth-order valence-electron chi connectivity index (χ4n) is 3.19. The van der Waals surface area contributed by atoms with Crippen LogP contribution in [0.15, 0.2) is 42.6 Å². The Morgan fingerprint density at radius 3 is 2.69 bits per heavy atom. The number of pyridine rings is 1. The Bertz CT molecular complexity index is 868. The number of piperidine rings is 1. The topological polar surface area (TPSA) is 81.3 Å². The molecule has 1 saturated heterocycles. The molecule has 26 heavy (non-hydrogen) atoms. The molecule has 134 valence electrons. The zero-order chi connectivity index (χ0) is 17.9. The zero-order valence-electron chi connectivity index (χ0n) is 14.3. The van der Waals surface area contributed by atoms with Crippen molar-refractivity contribution in [2.75, 3.05) is 13.1 Å². The summed E-state index contributed by atoms with van der Waals surface area (Å²) in [6.45, 7) is 2.69. The van der Waals surface area contributed by atoms with Crippen LogP contribution in [0.5, 0.6) is 10.9 Å². The molecule has 0 aliphatic carbocycles. The Morgan fingerprint density at radius 2 is 2.00 bits per heavy atom. The maximum atomic E-state index is 11.2. The van der Waals surface area contributed by atoms with Crippen LogP contribution in [-0.2, 0) is 11.3 Å². The number of primary amides is 1. The van der Waals surface area contributed by atoms with E-state index in [9.17, 15) is 4.79 Å². The first-order valence-corrected chi connectivity index (χ1v) is 9.49. The number of nitrogens with zero attached hydrogens (tertiary/aromatic N) is 3. The molecule has 0 radical (unpaired) electrons. The van der Waals surface area contributed by atoms with Crippen LogP contribution in [0.2, 0.25) is 0 Å². The largest absolute Gasteiger partial charge is 0.431 e. The van der Waals surface area contributed by atoms with Gasteiger partial charge in [-0.1, -0.05) is 23.5 Å². The second-order valence-corrected chi connectivity index (χ2v) is 7.45. The van der Waals surface area contributed by atoms with E-state index in [0.29, 0.717) is 5.19 Å². The molecule has 2 N–H and O–H groups in total. The number of benzene rings is 1. The van der Waals surface area contributed by atoms with E-state index in [1.807, 2.05) is 24.3 Å². The average molecular weight is 368 g/mol. The van der Waals surface area contributed by atoms with Crippen LogP contribution in [0, 0.1) is 5.92 Å². The van der Waals surface area contributed by atoms with Crippen molar-refractivity contribution in [2.24, 2.45) is 11.7 Å². The van der Waals surface area contributed by atoms with Crippen molar-refractivity contribution in [1.29, 1.82) is 0 Å². The summed E-state index contributed by atoms with van der Waals surface area (Å²) in [6, 6.07) is 11.9. The number of aromatic nitrogens is 2. The second-order valence-electron chi connectivity index (χ2n) is 6.51. The van der Waals surface area contributed by atoms with Crippen LogP contribution in [0.4, 0.5) is 0 Å². The van der Waals surface area contributed by atoms with Gasteiger partial charge in [-0.2, -0.15) is 0 Å². The molecule has 0 atom stereocenters. The summed E-state index contributed by atoms with van der Waals surface area (Å²) in [5, 5.41) is 0.597. The Kier molecular flexibility index (Phi) is 4.81. The molecule has 1 fully saturated rings. The quantitative estimate of drug-likeness (QED) is 0.748. The van der Waals surface area contributed by atoms with Gasteiger partial charge in [0, 0.05) is 18.7 Å². The summed E-state index contributed by atoms with van der Waals surface area (Å²) in [6.07, 6.45) is 3.45. The third-order valence-corrected chi connectivity index (χ3v) is 5.53. The van der Waals surface area contributed by atoms with Gasteiger partial charge in [-0.3, -0.25) is 9.69 Å². The standard InChI is InChI=1S/C19H20N4O2S/c20-17(24)14-7-10-23(11-8-14)12-13-3-5-15(6-4-13)25-19-22-16-2-1-9-21-18(16)26-19/h1-6,9,14H,7-8,10-12H2,(H2,20,24). The molecule has 0 saturated carbocycles. The van der Waals surface area contributed by atoms with Crippen molar-refractivity contribution in [3.8, 4) is 10.9 Å². The van der Waals surface area contributed by atoms with Crippen LogP contribution in [0.1, 0.15) is 18.4 Å². The number of amides is 1. The zero-order valence-corrected chi connectivity index (χ0v) is 15.1. The maximum absolute atomic E-state index is 11.2. The minimum atomic E-state index is -0.170. The van der Waals surface area contributed by atoms with E-state index in [2.05, 4.69) is 27.0 Å². The van der Waals surface area contributed by atoms with Crippen molar-refractivity contribution in [1.82, 2.24) is 14.9 Å². The van der Waals surface area contributed by atoms with E-state index in [-0.39, 0.29) is 11.8 Å². The molecule has 3 aromatic rings. The molecule has 7 heteroatoms. The van der Waals surface area contributed by atoms with Crippen molar-refractivity contribution in [2.45, 2.75) is 19.4 Å². The van der Waals surface area contributed by atoms with Gasteiger partial charge >= 0.3 is 0 Å². The number of carbonyl (C=O) groups is 1. The number of hydrogen-bond donors (Lipinski definition) is 1. The Hall–Kier alpha value is -2.51. The lowest BCUT2D eigenvalue weighted by molar-refractivity contribution is -0.123. The third kappa shape index (κ3) is 3.84. The maximum Gasteiger partial charge on any atom is 0.281 e. The van der Waals surface area contributed by atoms with Crippen molar-refractivity contribution >= 4 is 27.6 Å². The van der Waals surface area contributed by atoms with Gasteiger partial charge in [0.05, 0.1) is 0 Å². The summed E-state index contributed by atoms with van der Waals surface area (Å²) >= 11 is 1.44. The van der Waals surface area contributed by atoms with Crippen molar-refractivity contribution < 1.29 is 9.53 Å². The lowest BCUT2D eigenvalue weighted by Gasteiger charge is -2.30. The molecule has 3 heterocycles. The van der Waals surface area contributed by atoms with Crippen LogP contribution in [-0.4, -0.2) is 33.9 Å².